The third-order valence-corrected chi connectivity index (χ3v) is 15.6. The lowest BCUT2D eigenvalue weighted by Gasteiger charge is -2.44. The number of allylic oxidation sites excluding steroid dienone is 2. The minimum Gasteiger partial charge on any atom is -0.462 e. The number of cyclic esters (lactones) is 1. The average Bonchev–Trinajstić information content (AvgIpc) is 3.63. The molecule has 4 saturated heterocycles. The Morgan fingerprint density at radius 2 is 1.59 bits per heavy atom. The molecule has 61 heavy (non-hydrogen) atoms. The predicted octanol–water partition coefficient (Wildman–Crippen LogP) is 6.72. The Balaban J connectivity index is 1.10. The van der Waals surface area contributed by atoms with E-state index in [0.29, 0.717) is 25.5 Å². The van der Waals surface area contributed by atoms with Crippen molar-refractivity contribution in [1.29, 1.82) is 0 Å². The lowest BCUT2D eigenvalue weighted by molar-refractivity contribution is -0.317. The van der Waals surface area contributed by atoms with E-state index in [9.17, 15) is 9.18 Å². The molecule has 1 aromatic carbocycles. The maximum Gasteiger partial charge on any atom is 0.306 e. The number of nitrogens with zero attached hydrogens (tertiary/aromatic N) is 2. The molecule has 2 saturated carbocycles. The zero-order chi connectivity index (χ0) is 43.3. The van der Waals surface area contributed by atoms with Crippen LogP contribution in [0.4, 0.5) is 10.1 Å². The van der Waals surface area contributed by atoms with E-state index in [-0.39, 0.29) is 115 Å². The van der Waals surface area contributed by atoms with Gasteiger partial charge < -0.3 is 47.7 Å². The van der Waals surface area contributed by atoms with Gasteiger partial charge in [0.05, 0.1) is 42.9 Å². The molecule has 0 radical (unpaired) electrons. The second-order valence-electron chi connectivity index (χ2n) is 19.2. The topological polar surface area (TPSA) is 114 Å². The Morgan fingerprint density at radius 1 is 0.852 bits per heavy atom. The van der Waals surface area contributed by atoms with Crippen molar-refractivity contribution >= 4 is 17.4 Å². The number of hydrogen-bond donors (Lipinski definition) is 0. The van der Waals surface area contributed by atoms with Gasteiger partial charge >= 0.3 is 5.97 Å². The van der Waals surface area contributed by atoms with Gasteiger partial charge in [-0.25, -0.2) is 4.39 Å². The summed E-state index contributed by atoms with van der Waals surface area (Å²) in [4.78, 5) is 33.8. The molecule has 340 valence electrons. The number of rotatable bonds is 11. The van der Waals surface area contributed by atoms with Gasteiger partial charge in [-0.1, -0.05) is 19.9 Å². The van der Waals surface area contributed by atoms with Crippen molar-refractivity contribution in [3.63, 3.8) is 0 Å². The quantitative estimate of drug-likeness (QED) is 0.174. The second-order valence-corrected chi connectivity index (χ2v) is 19.2. The standard InChI is InChI=1S/C48H71FN2O10/c1-10-30-13-12-14-38(61-40-20-19-37(50(6)7)26(4)57-40)25(3)44(53)36-23-33-32-21-31(60-48-47(55-9)46(56-11-2)45(54-8)27(5)58-48)22-35(32)42-43(41(33)34(36)24-39(52)59-30)51(42)29-17-15-28(49)16-18-29/h15-18,23,25-27,30-35,37-38,40-43,45-48H,10-14,19-22,24H2,1-9H3/t25-,26?,27?,30+,31+,32+,33+,34-,35-,37+,38+,40+,41-,42+,43-,45+,46?,47+,48+,51?/m1/s1. The van der Waals surface area contributed by atoms with E-state index < -0.39 is 18.3 Å². The summed E-state index contributed by atoms with van der Waals surface area (Å²) in [6.45, 7) is 10.6. The average molecular weight is 855 g/mol. The van der Waals surface area contributed by atoms with Gasteiger partial charge in [-0.2, -0.15) is 0 Å². The van der Waals surface area contributed by atoms with E-state index in [1.54, 1.807) is 14.2 Å². The SMILES string of the molecule is CCOC1[C@@H](OC)C(C)O[C@@H](O[C@@H]2C[C@@H]3[C@@H](C2)[C@@H]2C=C4C(=O)[C@H](C)[C@@H](O[C@H]5CC[C@H](N(C)C)C(C)O5)CCC[C@H](CC)OC(=O)C[C@H]4[C@@H]2[C@@H]2[C@H]3N2c2ccc(F)cc2)[C@H]1OC. The molecule has 7 aliphatic rings. The van der Waals surface area contributed by atoms with Crippen molar-refractivity contribution in [2.24, 2.45) is 35.5 Å². The Kier molecular flexibility index (Phi) is 14.0. The minimum atomic E-state index is -0.658. The van der Waals surface area contributed by atoms with Crippen LogP contribution in [0.1, 0.15) is 92.4 Å². The molecular weight excluding hydrogens is 784 g/mol. The number of carbonyl (C=O) groups is 2. The molecule has 12 nitrogen and oxygen atoms in total. The molecule has 13 heteroatoms. The summed E-state index contributed by atoms with van der Waals surface area (Å²) < 4.78 is 65.2. The Labute approximate surface area is 362 Å². The normalized spacial score (nSPS) is 44.0. The molecule has 0 bridgehead atoms. The first-order valence-corrected chi connectivity index (χ1v) is 23.3. The molecule has 1 aromatic rings. The molecule has 6 fully saturated rings. The van der Waals surface area contributed by atoms with Crippen LogP contribution in [0.15, 0.2) is 35.9 Å². The molecule has 8 rings (SSSR count). The first-order chi connectivity index (χ1) is 29.4. The van der Waals surface area contributed by atoms with Crippen molar-refractivity contribution in [2.45, 2.75) is 172 Å². The fourth-order valence-corrected chi connectivity index (χ4v) is 12.7. The van der Waals surface area contributed by atoms with Crippen LogP contribution in [0.2, 0.25) is 0 Å². The maximum atomic E-state index is 15.2. The van der Waals surface area contributed by atoms with Gasteiger partial charge in [0.2, 0.25) is 0 Å². The van der Waals surface area contributed by atoms with Crippen LogP contribution in [0.5, 0.6) is 0 Å². The van der Waals surface area contributed by atoms with Crippen LogP contribution in [-0.2, 0) is 47.5 Å². The molecular formula is C48H71FN2O10. The third kappa shape index (κ3) is 8.85. The second kappa shape index (κ2) is 18.9. The van der Waals surface area contributed by atoms with Crippen molar-refractivity contribution < 1.29 is 51.9 Å². The lowest BCUT2D eigenvalue weighted by Crippen LogP contribution is -2.60. The van der Waals surface area contributed by atoms with Crippen molar-refractivity contribution in [1.82, 2.24) is 4.90 Å². The lowest BCUT2D eigenvalue weighted by atomic mass is 9.66. The Hall–Kier alpha value is -2.49. The predicted molar refractivity (Wildman–Crippen MR) is 226 cm³/mol. The summed E-state index contributed by atoms with van der Waals surface area (Å²) in [5.74, 6) is -0.784. The van der Waals surface area contributed by atoms with E-state index in [1.807, 2.05) is 32.9 Å². The van der Waals surface area contributed by atoms with Gasteiger partial charge in [0.25, 0.3) is 0 Å². The van der Waals surface area contributed by atoms with Crippen molar-refractivity contribution in [3.05, 3.63) is 41.7 Å². The fourth-order valence-electron chi connectivity index (χ4n) is 12.7. The number of ether oxygens (including phenoxy) is 8. The molecule has 3 aliphatic carbocycles. The van der Waals surface area contributed by atoms with Gasteiger partial charge in [-0.05, 0) is 140 Å². The summed E-state index contributed by atoms with van der Waals surface area (Å²) in [5, 5.41) is 0. The first-order valence-electron chi connectivity index (χ1n) is 23.3. The Bertz CT molecular complexity index is 1710. The van der Waals surface area contributed by atoms with E-state index in [4.69, 9.17) is 37.9 Å². The number of ketones is 1. The zero-order valence-corrected chi connectivity index (χ0v) is 37.8. The Morgan fingerprint density at radius 3 is 2.26 bits per heavy atom. The smallest absolute Gasteiger partial charge is 0.306 e. The van der Waals surface area contributed by atoms with Gasteiger partial charge in [0.1, 0.15) is 30.2 Å². The minimum absolute atomic E-state index is 0.00414. The summed E-state index contributed by atoms with van der Waals surface area (Å²) in [7, 11) is 7.49. The molecule has 0 N–H and O–H groups in total. The summed E-state index contributed by atoms with van der Waals surface area (Å²) in [6.07, 6.45) is 5.38. The molecule has 0 amide bonds. The first kappa shape index (κ1) is 45.1. The monoisotopic (exact) mass is 855 g/mol. The highest BCUT2D eigenvalue weighted by atomic mass is 19.1. The van der Waals surface area contributed by atoms with Crippen molar-refractivity contribution in [3.8, 4) is 0 Å². The molecule has 4 aliphatic heterocycles. The number of halogens is 1. The van der Waals surface area contributed by atoms with Crippen LogP contribution >= 0.6 is 0 Å². The van der Waals surface area contributed by atoms with Gasteiger partial charge in [0.15, 0.2) is 18.4 Å². The van der Waals surface area contributed by atoms with E-state index in [2.05, 4.69) is 43.8 Å². The fraction of sp³-hybridized carbons (Fsp3) is 0.792. The number of benzene rings is 1. The largest absolute Gasteiger partial charge is 0.462 e. The third-order valence-electron chi connectivity index (χ3n) is 15.6. The molecule has 0 aromatic heterocycles. The van der Waals surface area contributed by atoms with Crippen LogP contribution in [0.3, 0.4) is 0 Å². The van der Waals surface area contributed by atoms with Gasteiger partial charge in [0, 0.05) is 44.4 Å². The highest BCUT2D eigenvalue weighted by molar-refractivity contribution is 5.99. The van der Waals surface area contributed by atoms with Crippen molar-refractivity contribution in [2.75, 3.05) is 39.8 Å². The number of anilines is 1. The van der Waals surface area contributed by atoms with Gasteiger partial charge in [-0.15, -0.1) is 0 Å². The number of likely N-dealkylation sites (N-methyl/N-ethyl adjacent to an activating group) is 1. The number of fused-ring (bicyclic) bond motifs is 8. The molecule has 19 atom stereocenters. The van der Waals surface area contributed by atoms with E-state index in [1.165, 1.54) is 12.1 Å². The van der Waals surface area contributed by atoms with E-state index >= 15 is 4.79 Å². The number of hydrogen-bond acceptors (Lipinski definition) is 12. The summed E-state index contributed by atoms with van der Waals surface area (Å²) >= 11 is 0. The number of methoxy groups -OCH3 is 2. The number of Topliss-reactive ketones (excluding diaryl/α,β-unsaturated/α-hetero) is 1. The summed E-state index contributed by atoms with van der Waals surface area (Å²) in [5.41, 5.74) is 1.69. The number of carbonyl (C=O) groups excluding carboxylic acids is 2. The van der Waals surface area contributed by atoms with Gasteiger partial charge in [-0.3, -0.25) is 9.59 Å². The van der Waals surface area contributed by atoms with Crippen LogP contribution in [0.25, 0.3) is 0 Å². The molecule has 3 unspecified atom stereocenters. The van der Waals surface area contributed by atoms with E-state index in [0.717, 1.165) is 49.8 Å². The molecule has 0 spiro atoms. The number of esters is 1. The maximum absolute atomic E-state index is 15.2. The molecule has 4 heterocycles. The van der Waals surface area contributed by atoms with Crippen LogP contribution in [0, 0.1) is 41.3 Å². The highest BCUT2D eigenvalue weighted by Crippen LogP contribution is 2.65. The highest BCUT2D eigenvalue weighted by Gasteiger charge is 2.69. The zero-order valence-electron chi connectivity index (χ0n) is 37.8. The van der Waals surface area contributed by atoms with Crippen LogP contribution in [-0.4, -0.2) is 131 Å². The summed E-state index contributed by atoms with van der Waals surface area (Å²) in [6, 6.07) is 7.27. The van der Waals surface area contributed by atoms with Crippen LogP contribution < -0.4 is 4.90 Å².